The number of likely N-dealkylation sites (tertiary alicyclic amines) is 2. The molecule has 0 radical (unpaired) electrons. The van der Waals surface area contributed by atoms with Crippen LogP contribution < -0.4 is 11.1 Å². The summed E-state index contributed by atoms with van der Waals surface area (Å²) in [6.07, 6.45) is 3.97. The average Bonchev–Trinajstić information content (AvgIpc) is 3.35. The van der Waals surface area contributed by atoms with Gasteiger partial charge in [-0.2, -0.15) is 0 Å². The van der Waals surface area contributed by atoms with Crippen molar-refractivity contribution in [3.8, 4) is 0 Å². The Bertz CT molecular complexity index is 849. The van der Waals surface area contributed by atoms with Gasteiger partial charge in [0.2, 0.25) is 5.91 Å². The molecule has 2 saturated heterocycles. The van der Waals surface area contributed by atoms with Crippen molar-refractivity contribution in [2.24, 2.45) is 11.7 Å². The molecule has 2 fully saturated rings. The fourth-order valence-electron chi connectivity index (χ4n) is 5.48. The lowest BCUT2D eigenvalue weighted by molar-refractivity contribution is -0.124. The van der Waals surface area contributed by atoms with Crippen LogP contribution in [0.2, 0.25) is 0 Å². The van der Waals surface area contributed by atoms with Gasteiger partial charge in [0.05, 0.1) is 0 Å². The van der Waals surface area contributed by atoms with Crippen molar-refractivity contribution in [3.63, 3.8) is 0 Å². The van der Waals surface area contributed by atoms with Gasteiger partial charge in [0.25, 0.3) is 0 Å². The Labute approximate surface area is 190 Å². The van der Waals surface area contributed by atoms with E-state index in [1.54, 1.807) is 0 Å². The van der Waals surface area contributed by atoms with E-state index in [-0.39, 0.29) is 17.9 Å². The number of urea groups is 1. The Morgan fingerprint density at radius 1 is 0.875 bits per heavy atom. The van der Waals surface area contributed by atoms with Crippen molar-refractivity contribution in [3.05, 3.63) is 71.8 Å². The van der Waals surface area contributed by atoms with Crippen LogP contribution in [0.5, 0.6) is 0 Å². The predicted octanol–water partition coefficient (Wildman–Crippen LogP) is 2.98. The molecule has 0 bridgehead atoms. The molecule has 3 amide bonds. The molecular weight excluding hydrogens is 400 g/mol. The van der Waals surface area contributed by atoms with Crippen molar-refractivity contribution in [2.75, 3.05) is 39.3 Å². The van der Waals surface area contributed by atoms with Crippen LogP contribution in [0, 0.1) is 5.92 Å². The lowest BCUT2D eigenvalue weighted by atomic mass is 9.62. The molecule has 4 rings (SSSR count). The molecule has 0 aliphatic carbocycles. The maximum atomic E-state index is 13.1. The Kier molecular flexibility index (Phi) is 7.10. The topological polar surface area (TPSA) is 78.7 Å². The van der Waals surface area contributed by atoms with Gasteiger partial charge in [0.15, 0.2) is 0 Å². The lowest BCUT2D eigenvalue weighted by Gasteiger charge is -2.43. The highest BCUT2D eigenvalue weighted by Crippen LogP contribution is 2.44. The molecule has 0 spiro atoms. The van der Waals surface area contributed by atoms with Crippen LogP contribution in [-0.2, 0) is 10.2 Å². The highest BCUT2D eigenvalue weighted by Gasteiger charge is 2.48. The second-order valence-corrected chi connectivity index (χ2v) is 8.95. The molecule has 0 atom stereocenters. The molecule has 2 aliphatic rings. The van der Waals surface area contributed by atoms with Gasteiger partial charge in [-0.15, -0.1) is 0 Å². The number of nitrogens with zero attached hydrogens (tertiary/aromatic N) is 2. The molecule has 0 saturated carbocycles. The molecular formula is C26H34N4O2. The summed E-state index contributed by atoms with van der Waals surface area (Å²) in [5.74, 6) is -0.304. The number of hydrogen-bond donors (Lipinski definition) is 2. The monoisotopic (exact) mass is 434 g/mol. The summed E-state index contributed by atoms with van der Waals surface area (Å²) >= 11 is 0. The van der Waals surface area contributed by atoms with E-state index in [4.69, 9.17) is 5.73 Å². The zero-order valence-electron chi connectivity index (χ0n) is 18.7. The van der Waals surface area contributed by atoms with E-state index >= 15 is 0 Å². The van der Waals surface area contributed by atoms with Gasteiger partial charge >= 0.3 is 6.03 Å². The van der Waals surface area contributed by atoms with E-state index in [1.807, 2.05) is 65.6 Å². The first-order valence-electron chi connectivity index (χ1n) is 11.8. The number of hydrogen-bond acceptors (Lipinski definition) is 3. The third kappa shape index (κ3) is 4.51. The number of carbonyl (C=O) groups is 2. The van der Waals surface area contributed by atoms with Crippen LogP contribution in [0.25, 0.3) is 0 Å². The number of carbonyl (C=O) groups excluding carboxylic acids is 2. The van der Waals surface area contributed by atoms with Crippen LogP contribution in [0.4, 0.5) is 4.79 Å². The third-order valence-corrected chi connectivity index (χ3v) is 7.14. The second-order valence-electron chi connectivity index (χ2n) is 8.95. The SMILES string of the molecule is NC(=O)C(c1ccccc1)(c1ccccc1)C1CCN(C(=O)NCCN2CCCC2)CC1. The van der Waals surface area contributed by atoms with Crippen LogP contribution in [0.3, 0.4) is 0 Å². The molecule has 2 aromatic rings. The summed E-state index contributed by atoms with van der Waals surface area (Å²) in [7, 11) is 0. The highest BCUT2D eigenvalue weighted by molar-refractivity contribution is 5.91. The first-order valence-corrected chi connectivity index (χ1v) is 11.8. The van der Waals surface area contributed by atoms with Crippen molar-refractivity contribution < 1.29 is 9.59 Å². The van der Waals surface area contributed by atoms with E-state index < -0.39 is 5.41 Å². The molecule has 2 heterocycles. The minimum Gasteiger partial charge on any atom is -0.369 e. The van der Waals surface area contributed by atoms with E-state index in [9.17, 15) is 9.59 Å². The van der Waals surface area contributed by atoms with Crippen molar-refractivity contribution >= 4 is 11.9 Å². The van der Waals surface area contributed by atoms with Gasteiger partial charge in [-0.25, -0.2) is 4.79 Å². The van der Waals surface area contributed by atoms with Crippen LogP contribution in [0.1, 0.15) is 36.8 Å². The Hall–Kier alpha value is -2.86. The van der Waals surface area contributed by atoms with Crippen LogP contribution >= 0.6 is 0 Å². The quantitative estimate of drug-likeness (QED) is 0.703. The largest absolute Gasteiger partial charge is 0.369 e. The molecule has 3 N–H and O–H groups in total. The van der Waals surface area contributed by atoms with Gasteiger partial charge in [0, 0.05) is 26.2 Å². The summed E-state index contributed by atoms with van der Waals surface area (Å²) in [6.45, 7) is 5.10. The molecule has 0 aromatic heterocycles. The molecule has 2 aliphatic heterocycles. The number of benzene rings is 2. The third-order valence-electron chi connectivity index (χ3n) is 7.14. The molecule has 0 unspecified atom stereocenters. The van der Waals surface area contributed by atoms with E-state index in [0.29, 0.717) is 19.6 Å². The van der Waals surface area contributed by atoms with E-state index in [0.717, 1.165) is 43.6 Å². The van der Waals surface area contributed by atoms with E-state index in [2.05, 4.69) is 10.2 Å². The van der Waals surface area contributed by atoms with Gasteiger partial charge in [0.1, 0.15) is 5.41 Å². The van der Waals surface area contributed by atoms with Crippen molar-refractivity contribution in [2.45, 2.75) is 31.1 Å². The molecule has 32 heavy (non-hydrogen) atoms. The summed E-state index contributed by atoms with van der Waals surface area (Å²) in [5.41, 5.74) is 7.09. The summed E-state index contributed by atoms with van der Waals surface area (Å²) in [5, 5.41) is 3.07. The zero-order valence-corrected chi connectivity index (χ0v) is 18.7. The summed E-state index contributed by atoms with van der Waals surface area (Å²) < 4.78 is 0. The predicted molar refractivity (Wildman–Crippen MR) is 126 cm³/mol. The summed E-state index contributed by atoms with van der Waals surface area (Å²) in [4.78, 5) is 30.1. The fourth-order valence-corrected chi connectivity index (χ4v) is 5.48. The maximum Gasteiger partial charge on any atom is 0.317 e. The molecule has 2 aromatic carbocycles. The van der Waals surface area contributed by atoms with E-state index in [1.165, 1.54) is 12.8 Å². The minimum absolute atomic E-state index is 0.00764. The second kappa shape index (κ2) is 10.2. The Morgan fingerprint density at radius 3 is 1.91 bits per heavy atom. The smallest absolute Gasteiger partial charge is 0.317 e. The maximum absolute atomic E-state index is 13.1. The lowest BCUT2D eigenvalue weighted by Crippen LogP contribution is -2.53. The standard InChI is InChI=1S/C26H34N4O2/c27-24(31)26(21-9-3-1-4-10-21,22-11-5-2-6-12-22)23-13-18-30(19-14-23)25(32)28-15-20-29-16-7-8-17-29/h1-6,9-12,23H,7-8,13-20H2,(H2,27,31)(H,28,32). The van der Waals surface area contributed by atoms with Gasteiger partial charge in [-0.3, -0.25) is 4.79 Å². The zero-order chi connectivity index (χ0) is 22.4. The fraction of sp³-hybridized carbons (Fsp3) is 0.462. The average molecular weight is 435 g/mol. The number of primary amides is 1. The first-order chi connectivity index (χ1) is 15.6. The number of piperidine rings is 1. The highest BCUT2D eigenvalue weighted by atomic mass is 16.2. The number of amides is 3. The first kappa shape index (κ1) is 22.3. The number of rotatable bonds is 7. The molecule has 6 heteroatoms. The van der Waals surface area contributed by atoms with Crippen molar-refractivity contribution in [1.82, 2.24) is 15.1 Å². The Morgan fingerprint density at radius 2 is 1.41 bits per heavy atom. The van der Waals surface area contributed by atoms with Crippen LogP contribution in [-0.4, -0.2) is 61.0 Å². The molecule has 6 nitrogen and oxygen atoms in total. The Balaban J connectivity index is 1.47. The normalized spacial score (nSPS) is 17.9. The van der Waals surface area contributed by atoms with Gasteiger partial charge in [-0.05, 0) is 55.8 Å². The minimum atomic E-state index is -0.902. The van der Waals surface area contributed by atoms with Gasteiger partial charge in [-0.1, -0.05) is 60.7 Å². The summed E-state index contributed by atoms with van der Waals surface area (Å²) in [6, 6.07) is 19.7. The molecule has 170 valence electrons. The van der Waals surface area contributed by atoms with Crippen molar-refractivity contribution in [1.29, 1.82) is 0 Å². The number of nitrogens with one attached hydrogen (secondary N) is 1. The van der Waals surface area contributed by atoms with Gasteiger partial charge < -0.3 is 20.9 Å². The number of nitrogens with two attached hydrogens (primary N) is 1. The van der Waals surface area contributed by atoms with Crippen LogP contribution in [0.15, 0.2) is 60.7 Å².